The third kappa shape index (κ3) is 4.82. The van der Waals surface area contributed by atoms with Crippen molar-refractivity contribution in [3.05, 3.63) is 68.5 Å². The molecule has 32 heavy (non-hydrogen) atoms. The van der Waals surface area contributed by atoms with Gasteiger partial charge in [0, 0.05) is 14.6 Å². The molecule has 0 saturated carbocycles. The number of halogens is 3. The van der Waals surface area contributed by atoms with E-state index in [9.17, 15) is 14.5 Å². The first kappa shape index (κ1) is 25.0. The highest BCUT2D eigenvalue weighted by Gasteiger charge is 2.57. The van der Waals surface area contributed by atoms with Crippen LogP contribution in [0.15, 0.2) is 46.9 Å². The lowest BCUT2D eigenvalue weighted by Crippen LogP contribution is -2.17. The minimum atomic E-state index is -4.80. The number of rotatable bonds is 10. The minimum Gasteiger partial charge on any atom is -0.478 e. The zero-order chi connectivity index (χ0) is 23.5. The highest BCUT2D eigenvalue weighted by molar-refractivity contribution is 9.10. The number of aromatic carboxylic acids is 1. The first-order valence-electron chi connectivity index (χ1n) is 9.94. The van der Waals surface area contributed by atoms with E-state index in [0.717, 1.165) is 16.9 Å². The Morgan fingerprint density at radius 3 is 2.31 bits per heavy atom. The van der Waals surface area contributed by atoms with Crippen molar-refractivity contribution < 1.29 is 32.3 Å². The number of carbonyl (C=O) groups is 1. The van der Waals surface area contributed by atoms with Crippen LogP contribution in [-0.4, -0.2) is 24.3 Å². The van der Waals surface area contributed by atoms with Crippen LogP contribution in [0.1, 0.15) is 40.2 Å². The summed E-state index contributed by atoms with van der Waals surface area (Å²) in [4.78, 5) is 11.2. The van der Waals surface area contributed by atoms with Gasteiger partial charge in [0.15, 0.2) is 0 Å². The molecule has 3 aromatic rings. The van der Waals surface area contributed by atoms with Crippen LogP contribution >= 0.6 is 34.9 Å². The largest absolute Gasteiger partial charge is 0.478 e. The van der Waals surface area contributed by atoms with Gasteiger partial charge in [-0.1, -0.05) is 30.3 Å². The van der Waals surface area contributed by atoms with E-state index >= 15 is 8.78 Å². The molecule has 0 aliphatic rings. The number of hydrogen-bond acceptors (Lipinski definition) is 5. The van der Waals surface area contributed by atoms with Gasteiger partial charge in [-0.3, -0.25) is 4.57 Å². The van der Waals surface area contributed by atoms with Gasteiger partial charge in [-0.2, -0.15) is 8.78 Å². The Balaban J connectivity index is 2.14. The summed E-state index contributed by atoms with van der Waals surface area (Å²) in [5, 5.41) is 9.86. The van der Waals surface area contributed by atoms with E-state index < -0.39 is 24.1 Å². The van der Waals surface area contributed by atoms with E-state index in [4.69, 9.17) is 9.05 Å². The quantitative estimate of drug-likeness (QED) is 0.267. The summed E-state index contributed by atoms with van der Waals surface area (Å²) in [5.41, 5.74) is -2.26. The van der Waals surface area contributed by atoms with Crippen LogP contribution in [0.25, 0.3) is 10.1 Å². The summed E-state index contributed by atoms with van der Waals surface area (Å²) in [6, 6.07) is 12.4. The summed E-state index contributed by atoms with van der Waals surface area (Å²) in [5.74, 6) is -1.16. The molecular weight excluding hydrogens is 525 g/mol. The minimum absolute atomic E-state index is 0.00766. The van der Waals surface area contributed by atoms with Crippen LogP contribution in [0, 0.1) is 0 Å². The van der Waals surface area contributed by atoms with Crippen LogP contribution in [0.4, 0.5) is 8.78 Å². The fourth-order valence-electron chi connectivity index (χ4n) is 3.33. The lowest BCUT2D eigenvalue weighted by Gasteiger charge is -2.25. The topological polar surface area (TPSA) is 72.8 Å². The number of carboxylic acids is 1. The molecule has 0 aliphatic heterocycles. The van der Waals surface area contributed by atoms with E-state index in [-0.39, 0.29) is 23.2 Å². The maximum absolute atomic E-state index is 15.5. The molecule has 0 atom stereocenters. The Hall–Kier alpha value is -1.64. The average molecular weight is 547 g/mol. The van der Waals surface area contributed by atoms with Crippen molar-refractivity contribution in [3.63, 3.8) is 0 Å². The van der Waals surface area contributed by atoms with Crippen LogP contribution in [-0.2, 0) is 32.1 Å². The molecule has 10 heteroatoms. The fourth-order valence-corrected chi connectivity index (χ4v) is 7.42. The molecule has 0 spiro atoms. The molecule has 0 amide bonds. The highest BCUT2D eigenvalue weighted by atomic mass is 79.9. The molecule has 0 unspecified atom stereocenters. The fraction of sp³-hybridized carbons (Fsp3) is 0.318. The van der Waals surface area contributed by atoms with Gasteiger partial charge in [-0.15, -0.1) is 11.3 Å². The van der Waals surface area contributed by atoms with Crippen molar-refractivity contribution >= 4 is 50.9 Å². The van der Waals surface area contributed by atoms with Gasteiger partial charge < -0.3 is 14.2 Å². The van der Waals surface area contributed by atoms with Gasteiger partial charge in [0.2, 0.25) is 0 Å². The Bertz CT molecular complexity index is 1160. The molecule has 1 aromatic heterocycles. The number of hydrogen-bond donors (Lipinski definition) is 1. The molecule has 0 saturated heterocycles. The zero-order valence-electron chi connectivity index (χ0n) is 17.4. The number of thiophene rings is 1. The van der Waals surface area contributed by atoms with Gasteiger partial charge in [0.1, 0.15) is 4.88 Å². The van der Waals surface area contributed by atoms with E-state index in [1.54, 1.807) is 0 Å². The van der Waals surface area contributed by atoms with Gasteiger partial charge >= 0.3 is 19.2 Å². The summed E-state index contributed by atoms with van der Waals surface area (Å²) >= 11 is 3.97. The second kappa shape index (κ2) is 10.1. The van der Waals surface area contributed by atoms with E-state index in [2.05, 4.69) is 15.9 Å². The van der Waals surface area contributed by atoms with E-state index in [1.165, 1.54) is 26.0 Å². The standard InChI is InChI=1S/C22H22BrF2O5PS/c1-3-29-31(28,30-4-2)22(24,25)20-18(23)17-13-16(21(26)27)12-15(19(17)32-20)11-10-14-8-6-5-7-9-14/h5-9,12-13H,3-4,10-11H2,1-2H3,(H,26,27). The first-order chi connectivity index (χ1) is 15.1. The van der Waals surface area contributed by atoms with Gasteiger partial charge in [-0.05, 0) is 65.9 Å². The summed E-state index contributed by atoms with van der Waals surface area (Å²) < 4.78 is 54.2. The Labute approximate surface area is 197 Å². The molecule has 3 rings (SSSR count). The van der Waals surface area contributed by atoms with Crippen molar-refractivity contribution in [1.82, 2.24) is 0 Å². The number of benzene rings is 2. The van der Waals surface area contributed by atoms with Crippen molar-refractivity contribution in [1.29, 1.82) is 0 Å². The smallest absolute Gasteiger partial charge is 0.405 e. The third-order valence-electron chi connectivity index (χ3n) is 4.79. The molecule has 0 bridgehead atoms. The summed E-state index contributed by atoms with van der Waals surface area (Å²) in [7, 11) is -4.80. The molecule has 0 radical (unpaired) electrons. The third-order valence-corrected chi connectivity index (χ3v) is 9.49. The zero-order valence-corrected chi connectivity index (χ0v) is 20.7. The lowest BCUT2D eigenvalue weighted by molar-refractivity contribution is 0.0387. The molecule has 0 aliphatic carbocycles. The number of fused-ring (bicyclic) bond motifs is 1. The predicted octanol–water partition coefficient (Wildman–Crippen LogP) is 7.46. The Morgan fingerprint density at radius 1 is 1.12 bits per heavy atom. The van der Waals surface area contributed by atoms with E-state index in [1.807, 2.05) is 30.3 Å². The van der Waals surface area contributed by atoms with Crippen LogP contribution < -0.4 is 0 Å². The van der Waals surface area contributed by atoms with Gasteiger partial charge in [-0.25, -0.2) is 4.79 Å². The van der Waals surface area contributed by atoms with Crippen LogP contribution in [0.3, 0.4) is 0 Å². The number of carboxylic acid groups (broad SMARTS) is 1. The SMILES string of the molecule is CCOP(=O)(OCC)C(F)(F)c1sc2c(CCc3ccccc3)cc(C(=O)O)cc2c1Br. The second-order valence-corrected chi connectivity index (χ2v) is 10.8. The van der Waals surface area contributed by atoms with Crippen LogP contribution in [0.5, 0.6) is 0 Å². The van der Waals surface area contributed by atoms with Crippen LogP contribution in [0.2, 0.25) is 0 Å². The van der Waals surface area contributed by atoms with Gasteiger partial charge in [0.25, 0.3) is 0 Å². The molecular formula is C22H22BrF2O5PS. The molecule has 1 heterocycles. The molecule has 172 valence electrons. The lowest BCUT2D eigenvalue weighted by atomic mass is 10.0. The van der Waals surface area contributed by atoms with Crippen molar-refractivity contribution in [2.45, 2.75) is 32.4 Å². The molecule has 1 N–H and O–H groups in total. The van der Waals surface area contributed by atoms with Crippen molar-refractivity contribution in [3.8, 4) is 0 Å². The second-order valence-electron chi connectivity index (χ2n) is 6.92. The number of aryl methyl sites for hydroxylation is 2. The Morgan fingerprint density at radius 2 is 1.75 bits per heavy atom. The maximum Gasteiger partial charge on any atom is 0.405 e. The summed E-state index contributed by atoms with van der Waals surface area (Å²) in [6.45, 7) is 2.51. The van der Waals surface area contributed by atoms with Crippen molar-refractivity contribution in [2.24, 2.45) is 0 Å². The monoisotopic (exact) mass is 546 g/mol. The number of alkyl halides is 2. The molecule has 2 aromatic carbocycles. The molecule has 0 fully saturated rings. The predicted molar refractivity (Wildman–Crippen MR) is 125 cm³/mol. The Kier molecular flexibility index (Phi) is 7.89. The van der Waals surface area contributed by atoms with Gasteiger partial charge in [0.05, 0.1) is 18.8 Å². The molecule has 5 nitrogen and oxygen atoms in total. The maximum atomic E-state index is 15.5. The first-order valence-corrected chi connectivity index (χ1v) is 13.1. The average Bonchev–Trinajstić information content (AvgIpc) is 3.10. The van der Waals surface area contributed by atoms with E-state index in [0.29, 0.717) is 28.5 Å². The normalized spacial score (nSPS) is 12.4. The summed E-state index contributed by atoms with van der Waals surface area (Å²) in [6.07, 6.45) is 1.06. The highest BCUT2D eigenvalue weighted by Crippen LogP contribution is 2.69. The van der Waals surface area contributed by atoms with Crippen molar-refractivity contribution in [2.75, 3.05) is 13.2 Å².